The van der Waals surface area contributed by atoms with Gasteiger partial charge in [0.05, 0.1) is 33.4 Å². The van der Waals surface area contributed by atoms with Gasteiger partial charge in [0.15, 0.2) is 0 Å². The van der Waals surface area contributed by atoms with Gasteiger partial charge in [-0.3, -0.25) is 4.72 Å². The first-order valence-electron chi connectivity index (χ1n) is 10.7. The summed E-state index contributed by atoms with van der Waals surface area (Å²) in [6.07, 6.45) is 0.727. The number of hydrogen-bond acceptors (Lipinski definition) is 7. The molecule has 0 radical (unpaired) electrons. The van der Waals surface area contributed by atoms with Crippen LogP contribution in [-0.2, 0) is 26.3 Å². The van der Waals surface area contributed by atoms with Gasteiger partial charge in [0.2, 0.25) is 19.9 Å². The Balaban J connectivity index is 0.00000481. The van der Waals surface area contributed by atoms with Crippen LogP contribution in [0, 0.1) is 0 Å². The molecule has 9 nitrogen and oxygen atoms in total. The summed E-state index contributed by atoms with van der Waals surface area (Å²) < 4.78 is 51.1. The summed E-state index contributed by atoms with van der Waals surface area (Å²) in [6.45, 7) is 0.864. The van der Waals surface area contributed by atoms with Crippen molar-refractivity contribution in [2.24, 2.45) is 0 Å². The minimum absolute atomic E-state index is 0. The highest BCUT2D eigenvalue weighted by Gasteiger charge is 2.22. The molecule has 37 heavy (non-hydrogen) atoms. The van der Waals surface area contributed by atoms with Gasteiger partial charge in [0.25, 0.3) is 0 Å². The first kappa shape index (κ1) is 30.6. The van der Waals surface area contributed by atoms with Crippen molar-refractivity contribution >= 4 is 55.5 Å². The fraction of sp³-hybridized carbons (Fsp3) is 0.208. The zero-order chi connectivity index (χ0) is 26.5. The lowest BCUT2D eigenvalue weighted by molar-refractivity contribution is 0.0697. The maximum Gasteiger partial charge on any atom is 0.337 e. The Morgan fingerprint density at radius 2 is 1.62 bits per heavy atom. The number of aromatic carboxylic acids is 1. The molecule has 0 amide bonds. The topological polar surface area (TPSA) is 150 Å². The van der Waals surface area contributed by atoms with Gasteiger partial charge >= 0.3 is 5.97 Å². The van der Waals surface area contributed by atoms with E-state index in [2.05, 4.69) is 10.0 Å². The van der Waals surface area contributed by atoms with Gasteiger partial charge < -0.3 is 15.5 Å². The number of halogens is 2. The molecule has 3 aromatic rings. The van der Waals surface area contributed by atoms with Crippen molar-refractivity contribution in [3.8, 4) is 0 Å². The Morgan fingerprint density at radius 1 is 0.973 bits per heavy atom. The van der Waals surface area contributed by atoms with E-state index in [1.807, 2.05) is 0 Å². The van der Waals surface area contributed by atoms with Gasteiger partial charge in [-0.15, -0.1) is 12.4 Å². The highest BCUT2D eigenvalue weighted by Crippen LogP contribution is 2.26. The van der Waals surface area contributed by atoms with Crippen molar-refractivity contribution in [1.29, 1.82) is 0 Å². The number of sulfone groups is 1. The Kier molecular flexibility index (Phi) is 10.5. The van der Waals surface area contributed by atoms with Crippen LogP contribution >= 0.6 is 24.0 Å². The van der Waals surface area contributed by atoms with E-state index < -0.39 is 37.5 Å². The van der Waals surface area contributed by atoms with Gasteiger partial charge in [0, 0.05) is 11.6 Å². The van der Waals surface area contributed by atoms with Crippen LogP contribution in [0.2, 0.25) is 5.02 Å². The summed E-state index contributed by atoms with van der Waals surface area (Å²) >= 11 is 5.94. The van der Waals surface area contributed by atoms with E-state index >= 15 is 0 Å². The monoisotopic (exact) mass is 588 g/mol. The highest BCUT2D eigenvalue weighted by molar-refractivity contribution is 7.92. The number of rotatable bonds is 11. The predicted molar refractivity (Wildman–Crippen MR) is 144 cm³/mol. The van der Waals surface area contributed by atoms with Gasteiger partial charge in [-0.2, -0.15) is 0 Å². The van der Waals surface area contributed by atoms with Crippen LogP contribution in [0.25, 0.3) is 0 Å². The Hall–Kier alpha value is -2.67. The lowest BCUT2D eigenvalue weighted by atomic mass is 10.1. The smallest absolute Gasteiger partial charge is 0.337 e. The molecule has 0 saturated heterocycles. The quantitative estimate of drug-likeness (QED) is 0.248. The van der Waals surface area contributed by atoms with Crippen molar-refractivity contribution < 1.29 is 31.8 Å². The normalized spacial score (nSPS) is 12.4. The van der Waals surface area contributed by atoms with Gasteiger partial charge in [0.1, 0.15) is 0 Å². The zero-order valence-electron chi connectivity index (χ0n) is 19.6. The standard InChI is InChI=1S/C24H25ClN2O7S2.ClH/c1-35(31,32)27-22-10-9-20(14-21(22)24(29)30)36(33,34)19-7-5-16(6-8-19)11-12-26-15-23(28)17-3-2-4-18(25)13-17;/h2-10,13-14,23,26-28H,11-12,15H2,1H3,(H,29,30);1H/t23-;/m0./s1. The highest BCUT2D eigenvalue weighted by atomic mass is 35.5. The number of hydrogen-bond donors (Lipinski definition) is 4. The van der Waals surface area contributed by atoms with Crippen LogP contribution in [-0.4, -0.2) is 52.4 Å². The number of anilines is 1. The summed E-state index contributed by atoms with van der Waals surface area (Å²) in [7, 11) is -7.80. The third-order valence-corrected chi connectivity index (χ3v) is 7.82. The Morgan fingerprint density at radius 3 is 2.22 bits per heavy atom. The third-order valence-electron chi connectivity index (χ3n) is 5.22. The van der Waals surface area contributed by atoms with Crippen molar-refractivity contribution in [1.82, 2.24) is 5.32 Å². The molecule has 0 aromatic heterocycles. The fourth-order valence-corrected chi connectivity index (χ4v) is 5.49. The van der Waals surface area contributed by atoms with Crippen LogP contribution in [0.5, 0.6) is 0 Å². The molecular weight excluding hydrogens is 563 g/mol. The summed E-state index contributed by atoms with van der Waals surface area (Å²) in [5.41, 5.74) is 0.852. The molecule has 0 heterocycles. The molecule has 13 heteroatoms. The number of carboxylic acids is 1. The molecule has 1 atom stereocenters. The van der Waals surface area contributed by atoms with E-state index in [4.69, 9.17) is 11.6 Å². The minimum Gasteiger partial charge on any atom is -0.478 e. The average molecular weight is 590 g/mol. The minimum atomic E-state index is -4.04. The van der Waals surface area contributed by atoms with E-state index in [-0.39, 0.29) is 27.9 Å². The van der Waals surface area contributed by atoms with Crippen LogP contribution < -0.4 is 10.0 Å². The summed E-state index contributed by atoms with van der Waals surface area (Å²) in [4.78, 5) is 11.3. The maximum atomic E-state index is 13.0. The largest absolute Gasteiger partial charge is 0.478 e. The van der Waals surface area contributed by atoms with Crippen molar-refractivity contribution in [3.63, 3.8) is 0 Å². The first-order chi connectivity index (χ1) is 16.9. The average Bonchev–Trinajstić information content (AvgIpc) is 2.81. The van der Waals surface area contributed by atoms with E-state index in [1.54, 1.807) is 36.4 Å². The van der Waals surface area contributed by atoms with Gasteiger partial charge in [-0.1, -0.05) is 35.9 Å². The van der Waals surface area contributed by atoms with Gasteiger partial charge in [-0.05, 0) is 66.6 Å². The van der Waals surface area contributed by atoms with Crippen molar-refractivity contribution in [3.05, 3.63) is 88.4 Å². The van der Waals surface area contributed by atoms with E-state index in [0.717, 1.165) is 30.0 Å². The molecule has 3 rings (SSSR count). The predicted octanol–water partition coefficient (Wildman–Crippen LogP) is 3.53. The Bertz CT molecular complexity index is 1460. The number of aliphatic hydroxyl groups is 1. The molecule has 0 saturated carbocycles. The van der Waals surface area contributed by atoms with Gasteiger partial charge in [-0.25, -0.2) is 21.6 Å². The summed E-state index contributed by atoms with van der Waals surface area (Å²) in [5.74, 6) is -1.47. The van der Waals surface area contributed by atoms with Crippen LogP contribution in [0.3, 0.4) is 0 Å². The first-order valence-corrected chi connectivity index (χ1v) is 14.5. The number of sulfonamides is 1. The maximum absolute atomic E-state index is 13.0. The number of aliphatic hydroxyl groups excluding tert-OH is 1. The van der Waals surface area contributed by atoms with Crippen molar-refractivity contribution in [2.45, 2.75) is 22.3 Å². The molecular formula is C24H26Cl2N2O7S2. The van der Waals surface area contributed by atoms with Crippen LogP contribution in [0.4, 0.5) is 5.69 Å². The second kappa shape index (κ2) is 12.7. The summed E-state index contributed by atoms with van der Waals surface area (Å²) in [5, 5.41) is 23.3. The van der Waals surface area contributed by atoms with E-state index in [1.165, 1.54) is 12.1 Å². The Labute approximate surface area is 226 Å². The molecule has 4 N–H and O–H groups in total. The lowest BCUT2D eigenvalue weighted by Gasteiger charge is -2.13. The molecule has 0 aliphatic carbocycles. The van der Waals surface area contributed by atoms with Crippen molar-refractivity contribution in [2.75, 3.05) is 24.1 Å². The second-order valence-electron chi connectivity index (χ2n) is 8.06. The molecule has 0 aliphatic rings. The SMILES string of the molecule is CS(=O)(=O)Nc1ccc(S(=O)(=O)c2ccc(CCNC[C@H](O)c3cccc(Cl)c3)cc2)cc1C(=O)O.Cl. The molecule has 0 unspecified atom stereocenters. The number of benzene rings is 3. The van der Waals surface area contributed by atoms with Crippen LogP contribution in [0.1, 0.15) is 27.6 Å². The molecule has 200 valence electrons. The molecule has 0 spiro atoms. The molecule has 0 bridgehead atoms. The molecule has 0 fully saturated rings. The number of carbonyl (C=O) groups is 1. The molecule has 0 aliphatic heterocycles. The van der Waals surface area contributed by atoms with Crippen LogP contribution in [0.15, 0.2) is 76.5 Å². The molecule has 3 aromatic carbocycles. The number of nitrogens with one attached hydrogen (secondary N) is 2. The zero-order valence-corrected chi connectivity index (χ0v) is 22.8. The third kappa shape index (κ3) is 8.42. The van der Waals surface area contributed by atoms with E-state index in [0.29, 0.717) is 30.1 Å². The second-order valence-corrected chi connectivity index (χ2v) is 12.2. The fourth-order valence-electron chi connectivity index (χ4n) is 3.43. The lowest BCUT2D eigenvalue weighted by Crippen LogP contribution is -2.23. The number of carboxylic acid groups (broad SMARTS) is 1. The van der Waals surface area contributed by atoms with E-state index in [9.17, 15) is 31.8 Å². The summed E-state index contributed by atoms with van der Waals surface area (Å²) in [6, 6.07) is 16.3.